The number of amides is 1. The van der Waals surface area contributed by atoms with Gasteiger partial charge in [0.2, 0.25) is 5.91 Å². The molecule has 4 nitrogen and oxygen atoms in total. The Bertz CT molecular complexity index is 807. The predicted molar refractivity (Wildman–Crippen MR) is 112 cm³/mol. The molecule has 1 unspecified atom stereocenters. The predicted octanol–water partition coefficient (Wildman–Crippen LogP) is 4.19. The smallest absolute Gasteiger partial charge is 0.222 e. The molecule has 1 amide bonds. The topological polar surface area (TPSA) is 36.4 Å². The van der Waals surface area contributed by atoms with Crippen LogP contribution in [0.4, 0.5) is 0 Å². The van der Waals surface area contributed by atoms with E-state index in [4.69, 9.17) is 0 Å². The number of aromatic nitrogens is 1. The summed E-state index contributed by atoms with van der Waals surface area (Å²) in [6.07, 6.45) is 10.0. The van der Waals surface area contributed by atoms with E-state index < -0.39 is 0 Å². The van der Waals surface area contributed by atoms with Crippen LogP contribution in [0.2, 0.25) is 0 Å². The highest BCUT2D eigenvalue weighted by Gasteiger charge is 2.43. The first-order chi connectivity index (χ1) is 13.7. The number of pyridine rings is 1. The highest BCUT2D eigenvalue weighted by Crippen LogP contribution is 2.37. The van der Waals surface area contributed by atoms with Gasteiger partial charge in [-0.2, -0.15) is 0 Å². The Morgan fingerprint density at radius 3 is 2.79 bits per heavy atom. The minimum absolute atomic E-state index is 0.0180. The van der Waals surface area contributed by atoms with Gasteiger partial charge in [0.25, 0.3) is 0 Å². The molecule has 1 atom stereocenters. The lowest BCUT2D eigenvalue weighted by Crippen LogP contribution is -2.58. The maximum atomic E-state index is 12.9. The molecule has 0 radical (unpaired) electrons. The van der Waals surface area contributed by atoms with Crippen LogP contribution in [0, 0.1) is 0 Å². The van der Waals surface area contributed by atoms with Crippen LogP contribution >= 0.6 is 0 Å². The fraction of sp³-hybridized carbons (Fsp3) is 0.500. The third-order valence-electron chi connectivity index (χ3n) is 6.39. The number of carbonyl (C=O) groups excluding carboxylic acids is 1. The maximum Gasteiger partial charge on any atom is 0.222 e. The van der Waals surface area contributed by atoms with Gasteiger partial charge in [0.15, 0.2) is 0 Å². The monoisotopic (exact) mass is 377 g/mol. The Labute approximate surface area is 168 Å². The Morgan fingerprint density at radius 1 is 1.14 bits per heavy atom. The van der Waals surface area contributed by atoms with E-state index in [0.29, 0.717) is 12.3 Å². The summed E-state index contributed by atoms with van der Waals surface area (Å²) in [4.78, 5) is 22.0. The third kappa shape index (κ3) is 3.97. The normalized spacial score (nSPS) is 22.7. The van der Waals surface area contributed by atoms with Crippen molar-refractivity contribution in [3.8, 4) is 0 Å². The summed E-state index contributed by atoms with van der Waals surface area (Å²) < 4.78 is 0. The maximum absolute atomic E-state index is 12.9. The van der Waals surface area contributed by atoms with Crippen molar-refractivity contribution < 1.29 is 4.79 Å². The van der Waals surface area contributed by atoms with E-state index in [1.54, 1.807) is 0 Å². The molecule has 0 N–H and O–H groups in total. The number of benzene rings is 1. The van der Waals surface area contributed by atoms with Crippen molar-refractivity contribution in [3.63, 3.8) is 0 Å². The molecule has 28 heavy (non-hydrogen) atoms. The lowest BCUT2D eigenvalue weighted by atomic mass is 9.80. The lowest BCUT2D eigenvalue weighted by molar-refractivity contribution is -0.134. The number of rotatable bonds is 4. The third-order valence-corrected chi connectivity index (χ3v) is 6.39. The summed E-state index contributed by atoms with van der Waals surface area (Å²) in [5.41, 5.74) is 4.00. The summed E-state index contributed by atoms with van der Waals surface area (Å²) in [7, 11) is 0. The summed E-state index contributed by atoms with van der Waals surface area (Å²) >= 11 is 0. The van der Waals surface area contributed by atoms with Crippen molar-refractivity contribution in [2.45, 2.75) is 64.1 Å². The quantitative estimate of drug-likeness (QED) is 0.802. The van der Waals surface area contributed by atoms with Crippen molar-refractivity contribution in [2.75, 3.05) is 13.1 Å². The molecule has 1 fully saturated rings. The van der Waals surface area contributed by atoms with Gasteiger partial charge in [0, 0.05) is 44.0 Å². The molecule has 148 valence electrons. The molecule has 4 rings (SSSR count). The van der Waals surface area contributed by atoms with Crippen LogP contribution < -0.4 is 0 Å². The largest absolute Gasteiger partial charge is 0.336 e. The second-order valence-corrected chi connectivity index (χ2v) is 8.41. The molecule has 0 saturated carbocycles. The molecule has 3 heterocycles. The fourth-order valence-electron chi connectivity index (χ4n) is 4.95. The number of hydrogen-bond acceptors (Lipinski definition) is 3. The van der Waals surface area contributed by atoms with E-state index in [1.807, 2.05) is 18.5 Å². The molecular formula is C24H31N3O. The van der Waals surface area contributed by atoms with Crippen molar-refractivity contribution >= 4 is 5.91 Å². The van der Waals surface area contributed by atoms with Crippen molar-refractivity contribution in [2.24, 2.45) is 0 Å². The first kappa shape index (κ1) is 19.1. The molecule has 2 aliphatic rings. The molecule has 1 aromatic carbocycles. The van der Waals surface area contributed by atoms with Gasteiger partial charge in [-0.25, -0.2) is 0 Å². The average molecular weight is 378 g/mol. The minimum Gasteiger partial charge on any atom is -0.336 e. The van der Waals surface area contributed by atoms with Crippen molar-refractivity contribution in [1.29, 1.82) is 0 Å². The first-order valence-corrected chi connectivity index (χ1v) is 10.7. The lowest BCUT2D eigenvalue weighted by Gasteiger charge is -2.49. The van der Waals surface area contributed by atoms with Crippen LogP contribution in [0.25, 0.3) is 0 Å². The molecule has 1 saturated heterocycles. The molecular weight excluding hydrogens is 346 g/mol. The van der Waals surface area contributed by atoms with Crippen LogP contribution in [0.1, 0.15) is 55.7 Å². The Balaban J connectivity index is 1.69. The highest BCUT2D eigenvalue weighted by atomic mass is 16.2. The van der Waals surface area contributed by atoms with Crippen LogP contribution in [0.3, 0.4) is 0 Å². The Morgan fingerprint density at radius 2 is 2.00 bits per heavy atom. The molecule has 4 heteroatoms. The summed E-state index contributed by atoms with van der Waals surface area (Å²) in [6, 6.07) is 12.9. The van der Waals surface area contributed by atoms with Gasteiger partial charge in [0.1, 0.15) is 0 Å². The molecule has 0 aliphatic carbocycles. The molecule has 2 aromatic rings. The van der Waals surface area contributed by atoms with Gasteiger partial charge in [-0.3, -0.25) is 14.7 Å². The SMILES string of the molecule is CCCC(=O)N1Cc2ccccc2CC2(CCCCN2Cc2cccnc2)C1. The number of fused-ring (bicyclic) bond motifs is 1. The number of nitrogens with zero attached hydrogens (tertiary/aromatic N) is 3. The standard InChI is InChI=1S/C24H31N3O/c1-2-8-23(28)26-18-22-11-4-3-10-21(22)15-24(19-26)12-5-6-14-27(24)17-20-9-7-13-25-16-20/h3-4,7,9-11,13,16H,2,5-6,8,12,14-15,17-19H2,1H3. The summed E-state index contributed by atoms with van der Waals surface area (Å²) in [5, 5.41) is 0. The highest BCUT2D eigenvalue weighted by molar-refractivity contribution is 5.76. The van der Waals surface area contributed by atoms with Crippen LogP contribution in [-0.4, -0.2) is 39.3 Å². The second-order valence-electron chi connectivity index (χ2n) is 8.41. The van der Waals surface area contributed by atoms with E-state index >= 15 is 0 Å². The van der Waals surface area contributed by atoms with Crippen molar-refractivity contribution in [1.82, 2.24) is 14.8 Å². The number of carbonyl (C=O) groups is 1. The second kappa shape index (κ2) is 8.44. The summed E-state index contributed by atoms with van der Waals surface area (Å²) in [5.74, 6) is 0.297. The van der Waals surface area contributed by atoms with E-state index in [-0.39, 0.29) is 5.54 Å². The fourth-order valence-corrected chi connectivity index (χ4v) is 4.95. The van der Waals surface area contributed by atoms with Crippen molar-refractivity contribution in [3.05, 3.63) is 65.5 Å². The van der Waals surface area contributed by atoms with Gasteiger partial charge in [-0.15, -0.1) is 0 Å². The molecule has 0 bridgehead atoms. The average Bonchev–Trinajstić information content (AvgIpc) is 2.88. The van der Waals surface area contributed by atoms with Crippen LogP contribution in [-0.2, 0) is 24.3 Å². The number of likely N-dealkylation sites (tertiary alicyclic amines) is 1. The zero-order valence-electron chi connectivity index (χ0n) is 16.9. The molecule has 2 aliphatic heterocycles. The van der Waals surface area contributed by atoms with Gasteiger partial charge in [-0.05, 0) is 55.0 Å². The zero-order valence-corrected chi connectivity index (χ0v) is 16.9. The van der Waals surface area contributed by atoms with Crippen LogP contribution in [0.15, 0.2) is 48.8 Å². The first-order valence-electron chi connectivity index (χ1n) is 10.7. The molecule has 1 aromatic heterocycles. The van der Waals surface area contributed by atoms with E-state index in [1.165, 1.54) is 29.5 Å². The number of piperidine rings is 1. The zero-order chi connectivity index (χ0) is 19.4. The Kier molecular flexibility index (Phi) is 5.77. The van der Waals surface area contributed by atoms with E-state index in [2.05, 4.69) is 52.0 Å². The Hall–Kier alpha value is -2.20. The van der Waals surface area contributed by atoms with Gasteiger partial charge in [0.05, 0.1) is 0 Å². The minimum atomic E-state index is 0.0180. The molecule has 1 spiro atoms. The number of hydrogen-bond donors (Lipinski definition) is 0. The van der Waals surface area contributed by atoms with Crippen LogP contribution in [0.5, 0.6) is 0 Å². The van der Waals surface area contributed by atoms with Gasteiger partial charge in [-0.1, -0.05) is 43.7 Å². The van der Waals surface area contributed by atoms with E-state index in [0.717, 1.165) is 45.4 Å². The van der Waals surface area contributed by atoms with Gasteiger partial charge >= 0.3 is 0 Å². The van der Waals surface area contributed by atoms with E-state index in [9.17, 15) is 4.79 Å². The summed E-state index contributed by atoms with van der Waals surface area (Å²) in [6.45, 7) is 5.67. The van der Waals surface area contributed by atoms with Gasteiger partial charge < -0.3 is 4.90 Å².